The molecule has 0 amide bonds. The maximum absolute atomic E-state index is 4.05. The Morgan fingerprint density at radius 2 is 1.92 bits per heavy atom. The van der Waals surface area contributed by atoms with E-state index in [-0.39, 0.29) is 0 Å². The third kappa shape index (κ3) is 2.50. The zero-order valence-electron chi connectivity index (χ0n) is 14.3. The molecule has 0 fully saturated rings. The van der Waals surface area contributed by atoms with Crippen LogP contribution in [0, 0.1) is 0 Å². The molecule has 2 aromatic carbocycles. The molecule has 0 saturated heterocycles. The molecular formula is C23H23N. The number of fused-ring (bicyclic) bond motifs is 5. The summed E-state index contributed by atoms with van der Waals surface area (Å²) in [4.78, 5) is 0. The van der Waals surface area contributed by atoms with Crippen molar-refractivity contribution < 1.29 is 0 Å². The van der Waals surface area contributed by atoms with Crippen LogP contribution in [-0.2, 0) is 6.54 Å². The Labute approximate surface area is 143 Å². The molecule has 0 saturated carbocycles. The fraction of sp³-hybridized carbons (Fsp3) is 0.217. The maximum atomic E-state index is 4.05. The quantitative estimate of drug-likeness (QED) is 0.479. The summed E-state index contributed by atoms with van der Waals surface area (Å²) in [6.07, 6.45) is 12.4. The average Bonchev–Trinajstić information content (AvgIpc) is 2.73. The lowest BCUT2D eigenvalue weighted by atomic mass is 10.0. The van der Waals surface area contributed by atoms with Crippen LogP contribution < -0.4 is 0 Å². The summed E-state index contributed by atoms with van der Waals surface area (Å²) in [5.74, 6) is 0. The number of aryl methyl sites for hydroxylation is 1. The Hall–Kier alpha value is -2.54. The van der Waals surface area contributed by atoms with Crippen molar-refractivity contribution in [2.75, 3.05) is 0 Å². The lowest BCUT2D eigenvalue weighted by Gasteiger charge is -2.09. The first-order valence-electron chi connectivity index (χ1n) is 8.77. The van der Waals surface area contributed by atoms with Crippen LogP contribution in [0.1, 0.15) is 37.4 Å². The van der Waals surface area contributed by atoms with Crippen LogP contribution >= 0.6 is 0 Å². The number of hydrogen-bond acceptors (Lipinski definition) is 0. The molecule has 4 rings (SSSR count). The molecule has 0 unspecified atom stereocenters. The highest BCUT2D eigenvalue weighted by molar-refractivity contribution is 6.12. The summed E-state index contributed by atoms with van der Waals surface area (Å²) < 4.78 is 2.49. The molecule has 3 aromatic rings. The normalized spacial score (nSPS) is 13.4. The topological polar surface area (TPSA) is 4.93 Å². The van der Waals surface area contributed by atoms with Crippen molar-refractivity contribution in [3.63, 3.8) is 0 Å². The Balaban J connectivity index is 1.97. The Morgan fingerprint density at radius 1 is 1.08 bits per heavy atom. The van der Waals surface area contributed by atoms with E-state index in [0.717, 1.165) is 25.8 Å². The van der Waals surface area contributed by atoms with Crippen LogP contribution in [0.5, 0.6) is 0 Å². The number of rotatable bonds is 4. The van der Waals surface area contributed by atoms with Crippen molar-refractivity contribution >= 4 is 33.8 Å². The van der Waals surface area contributed by atoms with Crippen molar-refractivity contribution in [2.45, 2.75) is 32.7 Å². The molecule has 1 nitrogen and oxygen atoms in total. The maximum Gasteiger partial charge on any atom is 0.0497 e. The summed E-state index contributed by atoms with van der Waals surface area (Å²) in [5, 5.41) is 4.06. The molecule has 1 aromatic heterocycles. The Bertz CT molecular complexity index is 982. The van der Waals surface area contributed by atoms with Gasteiger partial charge in [-0.3, -0.25) is 0 Å². The average molecular weight is 313 g/mol. The first kappa shape index (κ1) is 15.0. The molecule has 0 spiro atoms. The van der Waals surface area contributed by atoms with E-state index in [9.17, 15) is 0 Å². The number of allylic oxidation sites excluding steroid dienone is 3. The van der Waals surface area contributed by atoms with Gasteiger partial charge in [0.1, 0.15) is 0 Å². The molecule has 1 aliphatic carbocycles. The van der Waals surface area contributed by atoms with Crippen LogP contribution in [0.15, 0.2) is 60.7 Å². The van der Waals surface area contributed by atoms with E-state index in [0.29, 0.717) is 0 Å². The van der Waals surface area contributed by atoms with Crippen molar-refractivity contribution in [3.05, 3.63) is 72.0 Å². The minimum atomic E-state index is 1.01. The van der Waals surface area contributed by atoms with Gasteiger partial charge in [-0.05, 0) is 49.1 Å². The molecule has 0 atom stereocenters. The third-order valence-corrected chi connectivity index (χ3v) is 4.85. The van der Waals surface area contributed by atoms with Gasteiger partial charge in [-0.25, -0.2) is 0 Å². The largest absolute Gasteiger partial charge is 0.340 e. The van der Waals surface area contributed by atoms with Crippen LogP contribution in [-0.4, -0.2) is 4.57 Å². The summed E-state index contributed by atoms with van der Waals surface area (Å²) in [6.45, 7) is 7.20. The second-order valence-corrected chi connectivity index (χ2v) is 6.73. The molecule has 0 aliphatic heterocycles. The van der Waals surface area contributed by atoms with Crippen LogP contribution in [0.25, 0.3) is 33.8 Å². The molecule has 1 aliphatic rings. The van der Waals surface area contributed by atoms with Gasteiger partial charge >= 0.3 is 0 Å². The Kier molecular flexibility index (Phi) is 3.86. The lowest BCUT2D eigenvalue weighted by Crippen LogP contribution is -2.00. The molecule has 0 N–H and O–H groups in total. The van der Waals surface area contributed by atoms with Gasteiger partial charge in [0, 0.05) is 28.7 Å². The summed E-state index contributed by atoms with van der Waals surface area (Å²) in [5.41, 5.74) is 5.32. The van der Waals surface area contributed by atoms with E-state index >= 15 is 0 Å². The smallest absolute Gasteiger partial charge is 0.0497 e. The predicted octanol–water partition coefficient (Wildman–Crippen LogP) is 6.58. The highest BCUT2D eigenvalue weighted by Crippen LogP contribution is 2.35. The lowest BCUT2D eigenvalue weighted by molar-refractivity contribution is 0.656. The van der Waals surface area contributed by atoms with Gasteiger partial charge in [-0.2, -0.15) is 0 Å². The summed E-state index contributed by atoms with van der Waals surface area (Å²) in [6, 6.07) is 13.2. The van der Waals surface area contributed by atoms with E-state index in [1.165, 1.54) is 38.5 Å². The molecule has 0 radical (unpaired) electrons. The molecule has 120 valence electrons. The van der Waals surface area contributed by atoms with Gasteiger partial charge in [0.25, 0.3) is 0 Å². The van der Waals surface area contributed by atoms with Crippen molar-refractivity contribution in [1.29, 1.82) is 0 Å². The van der Waals surface area contributed by atoms with Gasteiger partial charge in [0.05, 0.1) is 0 Å². The predicted molar refractivity (Wildman–Crippen MR) is 106 cm³/mol. The number of hydrogen-bond donors (Lipinski definition) is 0. The molecule has 1 heterocycles. The van der Waals surface area contributed by atoms with Crippen LogP contribution in [0.2, 0.25) is 0 Å². The zero-order chi connectivity index (χ0) is 16.5. The minimum absolute atomic E-state index is 1.01. The molecule has 24 heavy (non-hydrogen) atoms. The first-order valence-corrected chi connectivity index (χ1v) is 8.77. The van der Waals surface area contributed by atoms with E-state index in [2.05, 4.69) is 78.8 Å². The van der Waals surface area contributed by atoms with Crippen molar-refractivity contribution in [2.24, 2.45) is 0 Å². The van der Waals surface area contributed by atoms with E-state index < -0.39 is 0 Å². The third-order valence-electron chi connectivity index (χ3n) is 4.85. The number of nitrogens with zero attached hydrogens (tertiary/aromatic N) is 1. The van der Waals surface area contributed by atoms with Gasteiger partial charge in [-0.1, -0.05) is 54.1 Å². The monoisotopic (exact) mass is 313 g/mol. The van der Waals surface area contributed by atoms with Gasteiger partial charge in [0.15, 0.2) is 0 Å². The van der Waals surface area contributed by atoms with Crippen LogP contribution in [0.3, 0.4) is 0 Å². The first-order chi connectivity index (χ1) is 11.8. The second kappa shape index (κ2) is 6.16. The molecular weight excluding hydrogens is 290 g/mol. The minimum Gasteiger partial charge on any atom is -0.340 e. The summed E-state index contributed by atoms with van der Waals surface area (Å²) >= 11 is 0. The standard InChI is InChI=1S/C23H23N/c1-17(2)9-8-16-24-21-13-5-3-4-12-20(21)23-19-11-7-6-10-18(19)14-15-22(23)24/h4-7,10-15H,1,3,8-9,16H2,2H3. The second-order valence-electron chi connectivity index (χ2n) is 6.73. The van der Waals surface area contributed by atoms with Gasteiger partial charge in [-0.15, -0.1) is 6.58 Å². The highest BCUT2D eigenvalue weighted by Gasteiger charge is 2.16. The van der Waals surface area contributed by atoms with E-state index in [4.69, 9.17) is 0 Å². The van der Waals surface area contributed by atoms with E-state index in [1.807, 2.05) is 0 Å². The van der Waals surface area contributed by atoms with E-state index in [1.54, 1.807) is 0 Å². The zero-order valence-corrected chi connectivity index (χ0v) is 14.3. The van der Waals surface area contributed by atoms with Gasteiger partial charge in [0.2, 0.25) is 0 Å². The molecule has 1 heteroatoms. The number of aromatic nitrogens is 1. The Morgan fingerprint density at radius 3 is 2.79 bits per heavy atom. The highest BCUT2D eigenvalue weighted by atomic mass is 15.0. The summed E-state index contributed by atoms with van der Waals surface area (Å²) in [7, 11) is 0. The van der Waals surface area contributed by atoms with Gasteiger partial charge < -0.3 is 4.57 Å². The van der Waals surface area contributed by atoms with Crippen molar-refractivity contribution in [3.8, 4) is 0 Å². The molecule has 0 bridgehead atoms. The fourth-order valence-electron chi connectivity index (χ4n) is 3.74. The fourth-order valence-corrected chi connectivity index (χ4v) is 3.74. The van der Waals surface area contributed by atoms with Crippen molar-refractivity contribution in [1.82, 2.24) is 4.57 Å². The SMILES string of the molecule is C=C(C)CCCn1c2c(c3c4ccccc4ccc31)C=CCC=C2. The van der Waals surface area contributed by atoms with Crippen LogP contribution in [0.4, 0.5) is 0 Å². The number of benzene rings is 2.